The van der Waals surface area contributed by atoms with E-state index in [1.165, 1.54) is 11.1 Å². The number of benzene rings is 2. The molecule has 0 saturated heterocycles. The van der Waals surface area contributed by atoms with Crippen LogP contribution in [0, 0.1) is 0 Å². The molecular weight excluding hydrogens is 246 g/mol. The summed E-state index contributed by atoms with van der Waals surface area (Å²) in [6.07, 6.45) is 5.32. The average molecular weight is 265 g/mol. The molecule has 1 heterocycles. The zero-order chi connectivity index (χ0) is 13.8. The standard InChI is InChI=1S/C18H19NO/c1-2-3-8-13-19-18-14-9-4-6-11-16(14)20-17-12-7-5-10-15(17)18/h2-7,9-12,18-19H,8,13H2,1H3/b3-2+. The molecule has 0 fully saturated rings. The van der Waals surface area contributed by atoms with E-state index in [0.29, 0.717) is 0 Å². The van der Waals surface area contributed by atoms with Gasteiger partial charge in [-0.05, 0) is 32.0 Å². The van der Waals surface area contributed by atoms with Gasteiger partial charge < -0.3 is 10.1 Å². The van der Waals surface area contributed by atoms with E-state index in [4.69, 9.17) is 4.74 Å². The van der Waals surface area contributed by atoms with Crippen molar-refractivity contribution in [1.29, 1.82) is 0 Å². The number of hydrogen-bond acceptors (Lipinski definition) is 2. The van der Waals surface area contributed by atoms with Crippen molar-refractivity contribution in [3.63, 3.8) is 0 Å². The molecular formula is C18H19NO. The monoisotopic (exact) mass is 265 g/mol. The summed E-state index contributed by atoms with van der Waals surface area (Å²) >= 11 is 0. The summed E-state index contributed by atoms with van der Waals surface area (Å²) in [5, 5.41) is 3.64. The third kappa shape index (κ3) is 2.47. The van der Waals surface area contributed by atoms with Crippen LogP contribution in [0.2, 0.25) is 0 Å². The van der Waals surface area contributed by atoms with E-state index >= 15 is 0 Å². The molecule has 20 heavy (non-hydrogen) atoms. The lowest BCUT2D eigenvalue weighted by molar-refractivity contribution is 0.429. The van der Waals surface area contributed by atoms with Gasteiger partial charge in [0.2, 0.25) is 0 Å². The van der Waals surface area contributed by atoms with Crippen LogP contribution in [-0.4, -0.2) is 6.54 Å². The summed E-state index contributed by atoms with van der Waals surface area (Å²) in [6, 6.07) is 16.7. The molecule has 0 saturated carbocycles. The fourth-order valence-corrected chi connectivity index (χ4v) is 2.61. The molecule has 102 valence electrons. The van der Waals surface area contributed by atoms with E-state index in [1.807, 2.05) is 24.3 Å². The van der Waals surface area contributed by atoms with Crippen molar-refractivity contribution in [3.8, 4) is 11.5 Å². The first-order chi connectivity index (χ1) is 9.90. The lowest BCUT2D eigenvalue weighted by Crippen LogP contribution is -2.26. The van der Waals surface area contributed by atoms with Crippen molar-refractivity contribution in [1.82, 2.24) is 5.32 Å². The van der Waals surface area contributed by atoms with Crippen LogP contribution in [0.25, 0.3) is 0 Å². The number of nitrogens with one attached hydrogen (secondary N) is 1. The summed E-state index contributed by atoms with van der Waals surface area (Å²) in [7, 11) is 0. The van der Waals surface area contributed by atoms with Crippen LogP contribution in [0.4, 0.5) is 0 Å². The Morgan fingerprint density at radius 3 is 2.20 bits per heavy atom. The number of fused-ring (bicyclic) bond motifs is 2. The Balaban J connectivity index is 1.91. The molecule has 0 amide bonds. The van der Waals surface area contributed by atoms with E-state index in [-0.39, 0.29) is 6.04 Å². The molecule has 2 heteroatoms. The Bertz CT molecular complexity index is 573. The minimum absolute atomic E-state index is 0.210. The van der Waals surface area contributed by atoms with E-state index in [0.717, 1.165) is 24.5 Å². The minimum atomic E-state index is 0.210. The van der Waals surface area contributed by atoms with Gasteiger partial charge in [0.25, 0.3) is 0 Å². The number of para-hydroxylation sites is 2. The molecule has 0 spiro atoms. The van der Waals surface area contributed by atoms with Gasteiger partial charge in [-0.1, -0.05) is 48.6 Å². The molecule has 1 N–H and O–H groups in total. The molecule has 1 aliphatic rings. The molecule has 0 atom stereocenters. The van der Waals surface area contributed by atoms with Gasteiger partial charge in [0.15, 0.2) is 0 Å². The maximum absolute atomic E-state index is 5.98. The molecule has 0 aromatic heterocycles. The normalized spacial score (nSPS) is 13.8. The maximum Gasteiger partial charge on any atom is 0.132 e. The second-order valence-electron chi connectivity index (χ2n) is 4.92. The predicted octanol–water partition coefficient (Wildman–Crippen LogP) is 4.44. The SMILES string of the molecule is C/C=C/CCNC1c2ccccc2Oc2ccccc21. The van der Waals surface area contributed by atoms with Gasteiger partial charge in [0.05, 0.1) is 6.04 Å². The fraction of sp³-hybridized carbons (Fsp3) is 0.222. The van der Waals surface area contributed by atoms with Gasteiger partial charge in [0.1, 0.15) is 11.5 Å². The Hall–Kier alpha value is -2.06. The lowest BCUT2D eigenvalue weighted by Gasteiger charge is -2.28. The molecule has 0 unspecified atom stereocenters. The Morgan fingerprint density at radius 1 is 1.00 bits per heavy atom. The number of hydrogen-bond donors (Lipinski definition) is 1. The van der Waals surface area contributed by atoms with Gasteiger partial charge >= 0.3 is 0 Å². The summed E-state index contributed by atoms with van der Waals surface area (Å²) in [5.41, 5.74) is 2.43. The second-order valence-corrected chi connectivity index (χ2v) is 4.92. The highest BCUT2D eigenvalue weighted by atomic mass is 16.5. The van der Waals surface area contributed by atoms with Crippen LogP contribution >= 0.6 is 0 Å². The smallest absolute Gasteiger partial charge is 0.132 e. The lowest BCUT2D eigenvalue weighted by atomic mass is 9.94. The van der Waals surface area contributed by atoms with E-state index in [2.05, 4.69) is 48.7 Å². The van der Waals surface area contributed by atoms with E-state index in [1.54, 1.807) is 0 Å². The quantitative estimate of drug-likeness (QED) is 0.652. The number of rotatable bonds is 4. The first-order valence-corrected chi connectivity index (χ1v) is 7.10. The van der Waals surface area contributed by atoms with Gasteiger partial charge in [-0.3, -0.25) is 0 Å². The van der Waals surface area contributed by atoms with Crippen molar-refractivity contribution < 1.29 is 4.74 Å². The van der Waals surface area contributed by atoms with Crippen LogP contribution in [-0.2, 0) is 0 Å². The van der Waals surface area contributed by atoms with Crippen molar-refractivity contribution in [3.05, 3.63) is 71.8 Å². The van der Waals surface area contributed by atoms with Gasteiger partial charge in [-0.25, -0.2) is 0 Å². The first kappa shape index (κ1) is 12.9. The Kier molecular flexibility index (Phi) is 3.84. The summed E-state index contributed by atoms with van der Waals surface area (Å²) in [5.74, 6) is 1.91. The zero-order valence-corrected chi connectivity index (χ0v) is 11.7. The average Bonchev–Trinajstić information content (AvgIpc) is 2.50. The summed E-state index contributed by atoms with van der Waals surface area (Å²) < 4.78 is 5.98. The minimum Gasteiger partial charge on any atom is -0.457 e. The highest BCUT2D eigenvalue weighted by Crippen LogP contribution is 2.42. The molecule has 2 aromatic carbocycles. The van der Waals surface area contributed by atoms with Crippen molar-refractivity contribution >= 4 is 0 Å². The third-order valence-corrected chi connectivity index (χ3v) is 3.58. The molecule has 0 bridgehead atoms. The first-order valence-electron chi connectivity index (χ1n) is 7.10. The molecule has 0 aliphatic carbocycles. The highest BCUT2D eigenvalue weighted by molar-refractivity contribution is 5.52. The second kappa shape index (κ2) is 5.93. The van der Waals surface area contributed by atoms with Crippen molar-refractivity contribution in [2.24, 2.45) is 0 Å². The largest absolute Gasteiger partial charge is 0.457 e. The van der Waals surface area contributed by atoms with Crippen molar-refractivity contribution in [2.45, 2.75) is 19.4 Å². The number of ether oxygens (including phenoxy) is 1. The van der Waals surface area contributed by atoms with E-state index < -0.39 is 0 Å². The molecule has 2 aromatic rings. The van der Waals surface area contributed by atoms with Gasteiger partial charge in [-0.2, -0.15) is 0 Å². The topological polar surface area (TPSA) is 21.3 Å². The number of allylic oxidation sites excluding steroid dienone is 1. The van der Waals surface area contributed by atoms with Gasteiger partial charge in [0, 0.05) is 11.1 Å². The van der Waals surface area contributed by atoms with Crippen LogP contribution < -0.4 is 10.1 Å². The van der Waals surface area contributed by atoms with E-state index in [9.17, 15) is 0 Å². The summed E-state index contributed by atoms with van der Waals surface area (Å²) in [4.78, 5) is 0. The molecule has 1 aliphatic heterocycles. The van der Waals surface area contributed by atoms with Gasteiger partial charge in [-0.15, -0.1) is 0 Å². The Labute approximate surface area is 120 Å². The van der Waals surface area contributed by atoms with Crippen LogP contribution in [0.3, 0.4) is 0 Å². The zero-order valence-electron chi connectivity index (χ0n) is 11.7. The van der Waals surface area contributed by atoms with Crippen LogP contribution in [0.15, 0.2) is 60.7 Å². The Morgan fingerprint density at radius 2 is 1.60 bits per heavy atom. The van der Waals surface area contributed by atoms with Crippen molar-refractivity contribution in [2.75, 3.05) is 6.54 Å². The summed E-state index contributed by atoms with van der Waals surface area (Å²) in [6.45, 7) is 3.01. The molecule has 2 nitrogen and oxygen atoms in total. The predicted molar refractivity (Wildman–Crippen MR) is 82.2 cm³/mol. The molecule has 3 rings (SSSR count). The van der Waals surface area contributed by atoms with Crippen LogP contribution in [0.5, 0.6) is 11.5 Å². The third-order valence-electron chi connectivity index (χ3n) is 3.58. The van der Waals surface area contributed by atoms with Crippen LogP contribution in [0.1, 0.15) is 30.5 Å². The highest BCUT2D eigenvalue weighted by Gasteiger charge is 2.25. The maximum atomic E-state index is 5.98. The fourth-order valence-electron chi connectivity index (χ4n) is 2.61. The molecule has 0 radical (unpaired) electrons.